The molecule has 1 amide bonds. The normalized spacial score (nSPS) is 10.1. The van der Waals surface area contributed by atoms with Crippen LogP contribution in [-0.2, 0) is 0 Å². The Morgan fingerprint density at radius 1 is 1.60 bits per heavy atom. The Balaban J connectivity index is 2.87. The smallest absolute Gasteiger partial charge is 0.253 e. The van der Waals surface area contributed by atoms with Crippen molar-refractivity contribution in [2.75, 3.05) is 18.9 Å². The maximum absolute atomic E-state index is 11.8. The first-order chi connectivity index (χ1) is 7.06. The van der Waals surface area contributed by atoms with Crippen LogP contribution in [0.2, 0.25) is 5.02 Å². The van der Waals surface area contributed by atoms with Crippen molar-refractivity contribution in [3.05, 3.63) is 28.8 Å². The zero-order valence-electron chi connectivity index (χ0n) is 8.20. The van der Waals surface area contributed by atoms with E-state index in [0.717, 1.165) is 5.33 Å². The summed E-state index contributed by atoms with van der Waals surface area (Å²) in [6.07, 6.45) is 0. The highest BCUT2D eigenvalue weighted by atomic mass is 79.9. The van der Waals surface area contributed by atoms with E-state index in [4.69, 9.17) is 11.6 Å². The molecule has 15 heavy (non-hydrogen) atoms. The Hall–Kier alpha value is -0.740. The van der Waals surface area contributed by atoms with E-state index in [1.54, 1.807) is 18.0 Å². The molecule has 0 spiro atoms. The molecular formula is C10H11BrClNO2. The van der Waals surface area contributed by atoms with Crippen molar-refractivity contribution in [1.82, 2.24) is 4.90 Å². The first-order valence-corrected chi connectivity index (χ1v) is 5.86. The second-order valence-electron chi connectivity index (χ2n) is 3.08. The fraction of sp³-hybridized carbons (Fsp3) is 0.300. The first-order valence-electron chi connectivity index (χ1n) is 4.36. The molecule has 0 aliphatic rings. The average Bonchev–Trinajstić information content (AvgIpc) is 2.21. The Kier molecular flexibility index (Phi) is 4.42. The van der Waals surface area contributed by atoms with Gasteiger partial charge in [0.05, 0.1) is 5.02 Å². The van der Waals surface area contributed by atoms with E-state index >= 15 is 0 Å². The number of carbonyl (C=O) groups is 1. The number of nitrogens with zero attached hydrogens (tertiary/aromatic N) is 1. The number of amides is 1. The van der Waals surface area contributed by atoms with E-state index in [9.17, 15) is 9.90 Å². The first kappa shape index (κ1) is 12.3. The van der Waals surface area contributed by atoms with Gasteiger partial charge in [-0.1, -0.05) is 27.5 Å². The minimum absolute atomic E-state index is 0.0173. The van der Waals surface area contributed by atoms with Crippen LogP contribution < -0.4 is 0 Å². The maximum Gasteiger partial charge on any atom is 0.253 e. The Morgan fingerprint density at radius 3 is 2.80 bits per heavy atom. The molecule has 0 aliphatic carbocycles. The third-order valence-corrected chi connectivity index (χ3v) is 2.62. The van der Waals surface area contributed by atoms with Crippen LogP contribution in [0.5, 0.6) is 5.75 Å². The second kappa shape index (κ2) is 5.37. The highest BCUT2D eigenvalue weighted by molar-refractivity contribution is 9.09. The maximum atomic E-state index is 11.8. The number of hydrogen-bond acceptors (Lipinski definition) is 2. The number of benzene rings is 1. The Labute approximate surface area is 102 Å². The molecule has 0 heterocycles. The molecule has 0 aliphatic heterocycles. The monoisotopic (exact) mass is 291 g/mol. The van der Waals surface area contributed by atoms with Gasteiger partial charge in [0.15, 0.2) is 0 Å². The summed E-state index contributed by atoms with van der Waals surface area (Å²) in [5, 5.41) is 10.1. The van der Waals surface area contributed by atoms with Crippen LogP contribution in [0.1, 0.15) is 10.4 Å². The molecule has 5 heteroatoms. The second-order valence-corrected chi connectivity index (χ2v) is 4.28. The van der Waals surface area contributed by atoms with Gasteiger partial charge in [0.2, 0.25) is 0 Å². The number of phenolic OH excluding ortho intramolecular Hbond substituents is 1. The van der Waals surface area contributed by atoms with Crippen LogP contribution in [0.25, 0.3) is 0 Å². The minimum atomic E-state index is -0.114. The van der Waals surface area contributed by atoms with E-state index in [1.165, 1.54) is 12.1 Å². The highest BCUT2D eigenvalue weighted by Crippen LogP contribution is 2.24. The van der Waals surface area contributed by atoms with Crippen LogP contribution in [0.15, 0.2) is 18.2 Å². The van der Waals surface area contributed by atoms with Crippen molar-refractivity contribution in [1.29, 1.82) is 0 Å². The lowest BCUT2D eigenvalue weighted by Crippen LogP contribution is -2.28. The molecule has 1 aromatic carbocycles. The SMILES string of the molecule is CN(CCBr)C(=O)c1ccc(O)c(Cl)c1. The predicted octanol–water partition coefficient (Wildman–Crippen LogP) is 2.51. The molecule has 3 nitrogen and oxygen atoms in total. The lowest BCUT2D eigenvalue weighted by molar-refractivity contribution is 0.0804. The quantitative estimate of drug-likeness (QED) is 0.870. The van der Waals surface area contributed by atoms with Crippen molar-refractivity contribution < 1.29 is 9.90 Å². The van der Waals surface area contributed by atoms with Gasteiger partial charge in [-0.2, -0.15) is 0 Å². The fourth-order valence-electron chi connectivity index (χ4n) is 1.09. The van der Waals surface area contributed by atoms with Gasteiger partial charge in [0.25, 0.3) is 5.91 Å². The molecule has 1 rings (SSSR count). The topological polar surface area (TPSA) is 40.5 Å². The molecule has 0 radical (unpaired) electrons. The third-order valence-electron chi connectivity index (χ3n) is 1.96. The van der Waals surface area contributed by atoms with Crippen LogP contribution >= 0.6 is 27.5 Å². The molecule has 0 unspecified atom stereocenters. The number of rotatable bonds is 3. The summed E-state index contributed by atoms with van der Waals surface area (Å²) in [4.78, 5) is 13.3. The summed E-state index contributed by atoms with van der Waals surface area (Å²) in [7, 11) is 1.71. The number of phenols is 1. The number of halogens is 2. The van der Waals surface area contributed by atoms with Gasteiger partial charge >= 0.3 is 0 Å². The lowest BCUT2D eigenvalue weighted by atomic mass is 10.2. The highest BCUT2D eigenvalue weighted by Gasteiger charge is 2.12. The summed E-state index contributed by atoms with van der Waals surface area (Å²) in [6, 6.07) is 4.43. The molecule has 0 aromatic heterocycles. The molecule has 0 saturated carbocycles. The molecule has 0 fully saturated rings. The summed E-state index contributed by atoms with van der Waals surface area (Å²) in [5.74, 6) is -0.132. The van der Waals surface area contributed by atoms with E-state index in [1.807, 2.05) is 0 Å². The zero-order chi connectivity index (χ0) is 11.4. The van der Waals surface area contributed by atoms with Gasteiger partial charge in [-0.05, 0) is 18.2 Å². The largest absolute Gasteiger partial charge is 0.506 e. The minimum Gasteiger partial charge on any atom is -0.506 e. The molecule has 1 aromatic rings. The molecule has 1 N–H and O–H groups in total. The standard InChI is InChI=1S/C10H11BrClNO2/c1-13(5-4-11)10(15)7-2-3-9(14)8(12)6-7/h2-3,6,14H,4-5H2,1H3. The predicted molar refractivity (Wildman–Crippen MR) is 63.9 cm³/mol. The number of carbonyl (C=O) groups excluding carboxylic acids is 1. The van der Waals surface area contributed by atoms with Crippen LogP contribution in [0.4, 0.5) is 0 Å². The van der Waals surface area contributed by atoms with Crippen molar-refractivity contribution in [2.24, 2.45) is 0 Å². The van der Waals surface area contributed by atoms with Crippen molar-refractivity contribution in [3.8, 4) is 5.75 Å². The van der Waals surface area contributed by atoms with E-state index < -0.39 is 0 Å². The van der Waals surface area contributed by atoms with Gasteiger partial charge < -0.3 is 10.0 Å². The van der Waals surface area contributed by atoms with E-state index in [0.29, 0.717) is 12.1 Å². The molecular weight excluding hydrogens is 281 g/mol. The van der Waals surface area contributed by atoms with Gasteiger partial charge in [0.1, 0.15) is 5.75 Å². The van der Waals surface area contributed by atoms with Gasteiger partial charge in [-0.25, -0.2) is 0 Å². The van der Waals surface area contributed by atoms with Crippen molar-refractivity contribution in [3.63, 3.8) is 0 Å². The van der Waals surface area contributed by atoms with Crippen LogP contribution in [0, 0.1) is 0 Å². The third kappa shape index (κ3) is 3.11. The lowest BCUT2D eigenvalue weighted by Gasteiger charge is -2.15. The van der Waals surface area contributed by atoms with Gasteiger partial charge in [-0.15, -0.1) is 0 Å². The molecule has 0 saturated heterocycles. The van der Waals surface area contributed by atoms with Gasteiger partial charge in [-0.3, -0.25) is 4.79 Å². The Morgan fingerprint density at radius 2 is 2.27 bits per heavy atom. The van der Waals surface area contributed by atoms with E-state index in [2.05, 4.69) is 15.9 Å². The van der Waals surface area contributed by atoms with Crippen LogP contribution in [-0.4, -0.2) is 34.8 Å². The zero-order valence-corrected chi connectivity index (χ0v) is 10.5. The van der Waals surface area contributed by atoms with E-state index in [-0.39, 0.29) is 16.7 Å². The summed E-state index contributed by atoms with van der Waals surface area (Å²) < 4.78 is 0. The average molecular weight is 293 g/mol. The van der Waals surface area contributed by atoms with Crippen molar-refractivity contribution in [2.45, 2.75) is 0 Å². The molecule has 0 bridgehead atoms. The van der Waals surface area contributed by atoms with Crippen LogP contribution in [0.3, 0.4) is 0 Å². The molecule has 82 valence electrons. The summed E-state index contributed by atoms with van der Waals surface area (Å²) in [5.41, 5.74) is 0.473. The fourth-order valence-corrected chi connectivity index (χ4v) is 1.80. The summed E-state index contributed by atoms with van der Waals surface area (Å²) in [6.45, 7) is 0.622. The Bertz CT molecular complexity index is 370. The molecule has 0 atom stereocenters. The van der Waals surface area contributed by atoms with Gasteiger partial charge in [0, 0.05) is 24.5 Å². The van der Waals surface area contributed by atoms with Crippen molar-refractivity contribution >= 4 is 33.4 Å². The number of aromatic hydroxyl groups is 1. The number of hydrogen-bond donors (Lipinski definition) is 1. The summed E-state index contributed by atoms with van der Waals surface area (Å²) >= 11 is 8.97. The number of alkyl halides is 1.